The van der Waals surface area contributed by atoms with Crippen LogP contribution in [0.5, 0.6) is 11.5 Å². The number of quaternary nitrogens is 1. The van der Waals surface area contributed by atoms with E-state index in [9.17, 15) is 4.79 Å². The third kappa shape index (κ3) is 6.16. The van der Waals surface area contributed by atoms with E-state index in [1.165, 1.54) is 56.1 Å². The summed E-state index contributed by atoms with van der Waals surface area (Å²) in [5.74, 6) is 1.75. The Kier molecular flexibility index (Phi) is 9.51. The first-order valence-corrected chi connectivity index (χ1v) is 14.1. The first kappa shape index (κ1) is 28.0. The zero-order chi connectivity index (χ0) is 24.4. The number of amides is 1. The van der Waals surface area contributed by atoms with Crippen LogP contribution in [-0.2, 0) is 4.79 Å². The lowest BCUT2D eigenvalue weighted by Gasteiger charge is -2.45. The zero-order valence-electron chi connectivity index (χ0n) is 21.1. The maximum atomic E-state index is 13.7. The number of fused-ring (bicyclic) bond motifs is 2. The second-order valence-corrected chi connectivity index (χ2v) is 11.7. The molecular weight excluding hydrogens is 606 g/mol. The van der Waals surface area contributed by atoms with Gasteiger partial charge in [-0.2, -0.15) is 0 Å². The molecule has 2 aliphatic heterocycles. The summed E-state index contributed by atoms with van der Waals surface area (Å²) in [6.45, 7) is 7.15. The van der Waals surface area contributed by atoms with Gasteiger partial charge in [0.15, 0.2) is 0 Å². The molecule has 0 atom stereocenters. The van der Waals surface area contributed by atoms with E-state index in [2.05, 4.69) is 12.2 Å². The molecule has 1 amide bonds. The van der Waals surface area contributed by atoms with Crippen molar-refractivity contribution in [2.75, 3.05) is 26.2 Å². The van der Waals surface area contributed by atoms with Crippen LogP contribution in [0.4, 0.5) is 0 Å². The van der Waals surface area contributed by atoms with Gasteiger partial charge in [-0.05, 0) is 56.2 Å². The number of halogens is 3. The third-order valence-electron chi connectivity index (χ3n) is 8.59. The van der Waals surface area contributed by atoms with Crippen LogP contribution in [0.2, 0.25) is 10.0 Å². The van der Waals surface area contributed by atoms with E-state index < -0.39 is 5.92 Å². The van der Waals surface area contributed by atoms with E-state index >= 15 is 0 Å². The first-order chi connectivity index (χ1) is 17.0. The number of rotatable bonds is 5. The molecule has 5 rings (SSSR count). The number of benzene rings is 2. The van der Waals surface area contributed by atoms with Crippen molar-refractivity contribution in [3.05, 3.63) is 57.6 Å². The summed E-state index contributed by atoms with van der Waals surface area (Å²) in [5.41, 5.74) is 1.60. The van der Waals surface area contributed by atoms with Crippen molar-refractivity contribution in [2.24, 2.45) is 5.92 Å². The van der Waals surface area contributed by atoms with Crippen molar-refractivity contribution in [1.29, 1.82) is 0 Å². The van der Waals surface area contributed by atoms with Crippen molar-refractivity contribution >= 4 is 29.1 Å². The fraction of sp³-hybridized carbons (Fsp3) is 0.552. The molecule has 196 valence electrons. The third-order valence-corrected chi connectivity index (χ3v) is 9.06. The predicted molar refractivity (Wildman–Crippen MR) is 143 cm³/mol. The van der Waals surface area contributed by atoms with Crippen LogP contribution in [-0.4, -0.2) is 42.6 Å². The average Bonchev–Trinajstić information content (AvgIpc) is 3.12. The highest BCUT2D eigenvalue weighted by atomic mass is 127. The molecule has 0 spiro atoms. The highest BCUT2D eigenvalue weighted by Gasteiger charge is 2.38. The number of carbonyl (C=O) groups excluding carboxylic acids is 1. The summed E-state index contributed by atoms with van der Waals surface area (Å²) >= 11 is 12.6. The number of likely N-dealkylation sites (tertiary alicyclic amines) is 1. The van der Waals surface area contributed by atoms with Crippen molar-refractivity contribution in [2.45, 2.75) is 70.3 Å². The quantitative estimate of drug-likeness (QED) is 0.300. The second-order valence-electron chi connectivity index (χ2n) is 10.8. The topological polar surface area (TPSA) is 38.3 Å². The molecule has 0 unspecified atom stereocenters. The molecular formula is C29H37Cl2IN2O2. The number of piperidine rings is 1. The molecule has 3 aliphatic rings. The summed E-state index contributed by atoms with van der Waals surface area (Å²) < 4.78 is 7.29. The molecule has 1 aliphatic carbocycles. The minimum atomic E-state index is -0.482. The van der Waals surface area contributed by atoms with Gasteiger partial charge in [-0.15, -0.1) is 0 Å². The van der Waals surface area contributed by atoms with E-state index in [-0.39, 0.29) is 35.9 Å². The Morgan fingerprint density at radius 1 is 0.917 bits per heavy atom. The van der Waals surface area contributed by atoms with Crippen LogP contribution < -0.4 is 34.0 Å². The van der Waals surface area contributed by atoms with Gasteiger partial charge in [-0.1, -0.05) is 48.9 Å². The van der Waals surface area contributed by atoms with Gasteiger partial charge in [0, 0.05) is 46.0 Å². The highest BCUT2D eigenvalue weighted by Crippen LogP contribution is 2.46. The Morgan fingerprint density at radius 2 is 1.47 bits per heavy atom. The molecule has 0 bridgehead atoms. The van der Waals surface area contributed by atoms with Gasteiger partial charge >= 0.3 is 0 Å². The molecule has 1 saturated heterocycles. The van der Waals surface area contributed by atoms with Crippen LogP contribution >= 0.6 is 23.2 Å². The molecule has 2 fully saturated rings. The van der Waals surface area contributed by atoms with Gasteiger partial charge in [0.1, 0.15) is 11.5 Å². The maximum absolute atomic E-state index is 13.7. The van der Waals surface area contributed by atoms with E-state index in [0.717, 1.165) is 43.0 Å². The Hall–Kier alpha value is -1.02. The number of carbonyl (C=O) groups is 1. The van der Waals surface area contributed by atoms with E-state index in [1.54, 1.807) is 12.1 Å². The Labute approximate surface area is 242 Å². The summed E-state index contributed by atoms with van der Waals surface area (Å²) in [7, 11) is 0. The standard InChI is InChI=1S/C29H36Cl2N2O2.HI/c1-2-33(19-20-7-5-3-4-6-8-20)15-13-23(14-16-33)32-29(34)28-24-17-21(30)9-11-26(24)35-27-12-10-22(31)18-25(27)28;/h9-12,17-18,20,23,28H,2-8,13-16,19H2,1H3;1H. The molecule has 2 heterocycles. The van der Waals surface area contributed by atoms with Crippen LogP contribution in [0.1, 0.15) is 75.3 Å². The molecule has 7 heteroatoms. The lowest BCUT2D eigenvalue weighted by molar-refractivity contribution is -0.934. The maximum Gasteiger partial charge on any atom is 0.232 e. The van der Waals surface area contributed by atoms with Crippen LogP contribution in [0, 0.1) is 5.92 Å². The number of ether oxygens (including phenoxy) is 1. The lowest BCUT2D eigenvalue weighted by atomic mass is 9.86. The molecule has 0 radical (unpaired) electrons. The molecule has 0 aromatic heterocycles. The minimum Gasteiger partial charge on any atom is -1.00 e. The van der Waals surface area contributed by atoms with E-state index in [1.807, 2.05) is 24.3 Å². The van der Waals surface area contributed by atoms with Gasteiger partial charge in [0.05, 0.1) is 32.1 Å². The summed E-state index contributed by atoms with van der Waals surface area (Å²) in [4.78, 5) is 13.7. The predicted octanol–water partition coefficient (Wildman–Crippen LogP) is 4.32. The Morgan fingerprint density at radius 3 is 2.00 bits per heavy atom. The molecule has 2 aromatic rings. The second kappa shape index (κ2) is 12.2. The van der Waals surface area contributed by atoms with Crippen molar-refractivity contribution in [3.63, 3.8) is 0 Å². The first-order valence-electron chi connectivity index (χ1n) is 13.4. The van der Waals surface area contributed by atoms with Crippen molar-refractivity contribution in [3.8, 4) is 11.5 Å². The lowest BCUT2D eigenvalue weighted by Crippen LogP contribution is -3.00. The Balaban J connectivity index is 0.00000304. The summed E-state index contributed by atoms with van der Waals surface area (Å²) in [5, 5.41) is 4.58. The number of hydrogen-bond donors (Lipinski definition) is 1. The average molecular weight is 643 g/mol. The van der Waals surface area contributed by atoms with E-state index in [4.69, 9.17) is 27.9 Å². The van der Waals surface area contributed by atoms with Gasteiger partial charge in [-0.25, -0.2) is 0 Å². The Bertz CT molecular complexity index is 1010. The summed E-state index contributed by atoms with van der Waals surface area (Å²) in [6, 6.07) is 11.2. The smallest absolute Gasteiger partial charge is 0.232 e. The van der Waals surface area contributed by atoms with Crippen molar-refractivity contribution in [1.82, 2.24) is 5.32 Å². The summed E-state index contributed by atoms with van der Waals surface area (Å²) in [6.07, 6.45) is 10.5. The SMILES string of the molecule is CC[N+]1(CC2CCCCCC2)CCC(NC(=O)C2c3cc(Cl)ccc3Oc3ccc(Cl)cc32)CC1.[I-]. The number of nitrogens with zero attached hydrogens (tertiary/aromatic N) is 1. The molecule has 36 heavy (non-hydrogen) atoms. The largest absolute Gasteiger partial charge is 1.00 e. The monoisotopic (exact) mass is 642 g/mol. The molecule has 1 saturated carbocycles. The zero-order valence-corrected chi connectivity index (χ0v) is 24.7. The highest BCUT2D eigenvalue weighted by molar-refractivity contribution is 6.31. The fourth-order valence-corrected chi connectivity index (χ4v) is 6.87. The van der Waals surface area contributed by atoms with Gasteiger partial charge in [0.2, 0.25) is 5.91 Å². The van der Waals surface area contributed by atoms with Gasteiger partial charge < -0.3 is 38.5 Å². The normalized spacial score (nSPS) is 24.5. The van der Waals surface area contributed by atoms with Gasteiger partial charge in [0.25, 0.3) is 0 Å². The number of nitrogens with one attached hydrogen (secondary N) is 1. The van der Waals surface area contributed by atoms with Crippen LogP contribution in [0.25, 0.3) is 0 Å². The number of hydrogen-bond acceptors (Lipinski definition) is 2. The van der Waals surface area contributed by atoms with E-state index in [0.29, 0.717) is 21.5 Å². The minimum absolute atomic E-state index is 0. The molecule has 2 aromatic carbocycles. The van der Waals surface area contributed by atoms with Crippen molar-refractivity contribution < 1.29 is 38.0 Å². The van der Waals surface area contributed by atoms with Crippen LogP contribution in [0.15, 0.2) is 36.4 Å². The van der Waals surface area contributed by atoms with Crippen LogP contribution in [0.3, 0.4) is 0 Å². The molecule has 4 nitrogen and oxygen atoms in total. The molecule has 1 N–H and O–H groups in total. The fourth-order valence-electron chi connectivity index (χ4n) is 6.51. The van der Waals surface area contributed by atoms with Gasteiger partial charge in [-0.3, -0.25) is 4.79 Å².